The standard InChI is InChI=1S/C20H19NO/c1-15-12-16(10-11-21-15)13-19(14-22)20(18-8-5-9-18)17-6-3-2-4-7-17/h2-4,6-7,10-14H,5,8-9H2,1H3/b19-13+. The molecule has 1 aliphatic rings. The number of carbonyl (C=O) groups excluding carboxylic acids is 1. The number of hydrogen-bond acceptors (Lipinski definition) is 2. The van der Waals surface area contributed by atoms with E-state index >= 15 is 0 Å². The smallest absolute Gasteiger partial charge is 0.150 e. The van der Waals surface area contributed by atoms with Crippen molar-refractivity contribution in [3.05, 3.63) is 76.6 Å². The fourth-order valence-electron chi connectivity index (χ4n) is 2.79. The number of hydrogen-bond donors (Lipinski definition) is 0. The van der Waals surface area contributed by atoms with Crippen LogP contribution in [0.5, 0.6) is 0 Å². The average Bonchev–Trinajstić information content (AvgIpc) is 2.49. The van der Waals surface area contributed by atoms with E-state index in [-0.39, 0.29) is 0 Å². The van der Waals surface area contributed by atoms with E-state index in [0.717, 1.165) is 47.1 Å². The Hall–Kier alpha value is -2.48. The number of pyridine rings is 1. The van der Waals surface area contributed by atoms with Crippen LogP contribution in [-0.4, -0.2) is 11.3 Å². The van der Waals surface area contributed by atoms with Crippen LogP contribution in [0, 0.1) is 6.92 Å². The summed E-state index contributed by atoms with van der Waals surface area (Å²) in [6, 6.07) is 14.1. The first-order valence-corrected chi connectivity index (χ1v) is 7.65. The Morgan fingerprint density at radius 3 is 2.50 bits per heavy atom. The third-order valence-corrected chi connectivity index (χ3v) is 4.03. The second-order valence-electron chi connectivity index (χ2n) is 5.65. The first kappa shape index (κ1) is 14.5. The Morgan fingerprint density at radius 1 is 1.14 bits per heavy atom. The highest BCUT2D eigenvalue weighted by Gasteiger charge is 2.18. The van der Waals surface area contributed by atoms with Gasteiger partial charge in [0.2, 0.25) is 0 Å². The summed E-state index contributed by atoms with van der Waals surface area (Å²) < 4.78 is 0. The molecule has 0 radical (unpaired) electrons. The van der Waals surface area contributed by atoms with Gasteiger partial charge < -0.3 is 0 Å². The van der Waals surface area contributed by atoms with Crippen LogP contribution in [0.3, 0.4) is 0 Å². The molecule has 0 aliphatic heterocycles. The molecule has 0 bridgehead atoms. The number of allylic oxidation sites excluding steroid dienone is 3. The zero-order chi connectivity index (χ0) is 15.4. The highest BCUT2D eigenvalue weighted by molar-refractivity contribution is 6.04. The van der Waals surface area contributed by atoms with Crippen molar-refractivity contribution >= 4 is 17.9 Å². The Kier molecular flexibility index (Phi) is 4.29. The van der Waals surface area contributed by atoms with Crippen molar-refractivity contribution in [2.24, 2.45) is 0 Å². The molecule has 0 saturated heterocycles. The van der Waals surface area contributed by atoms with Crippen molar-refractivity contribution in [2.75, 3.05) is 0 Å². The Labute approximate surface area is 131 Å². The van der Waals surface area contributed by atoms with E-state index in [1.54, 1.807) is 6.20 Å². The van der Waals surface area contributed by atoms with Gasteiger partial charge in [-0.3, -0.25) is 9.78 Å². The van der Waals surface area contributed by atoms with Gasteiger partial charge in [-0.2, -0.15) is 0 Å². The maximum Gasteiger partial charge on any atom is 0.150 e. The summed E-state index contributed by atoms with van der Waals surface area (Å²) >= 11 is 0. The van der Waals surface area contributed by atoms with Crippen molar-refractivity contribution in [2.45, 2.75) is 26.2 Å². The molecule has 0 atom stereocenters. The van der Waals surface area contributed by atoms with Crippen molar-refractivity contribution < 1.29 is 4.79 Å². The topological polar surface area (TPSA) is 30.0 Å². The Morgan fingerprint density at radius 2 is 1.91 bits per heavy atom. The van der Waals surface area contributed by atoms with Crippen LogP contribution < -0.4 is 0 Å². The quantitative estimate of drug-likeness (QED) is 0.607. The lowest BCUT2D eigenvalue weighted by Gasteiger charge is -2.23. The minimum absolute atomic E-state index is 0.756. The first-order chi connectivity index (χ1) is 10.8. The van der Waals surface area contributed by atoms with Gasteiger partial charge in [-0.15, -0.1) is 0 Å². The SMILES string of the molecule is Cc1cc(/C=C(\C=O)C(=C2CCC2)c2ccccc2)ccn1. The van der Waals surface area contributed by atoms with Gasteiger partial charge in [0.05, 0.1) is 0 Å². The Bertz CT molecular complexity index is 735. The molecule has 1 saturated carbocycles. The number of rotatable bonds is 4. The number of benzene rings is 1. The van der Waals surface area contributed by atoms with E-state index in [0.29, 0.717) is 0 Å². The summed E-state index contributed by atoms with van der Waals surface area (Å²) in [6.45, 7) is 1.96. The van der Waals surface area contributed by atoms with Crippen LogP contribution in [0.15, 0.2) is 59.8 Å². The zero-order valence-electron chi connectivity index (χ0n) is 12.8. The van der Waals surface area contributed by atoms with E-state index < -0.39 is 0 Å². The summed E-state index contributed by atoms with van der Waals surface area (Å²) in [5.74, 6) is 0. The third-order valence-electron chi connectivity index (χ3n) is 4.03. The summed E-state index contributed by atoms with van der Waals surface area (Å²) in [6.07, 6.45) is 8.11. The van der Waals surface area contributed by atoms with Crippen LogP contribution in [0.25, 0.3) is 11.6 Å². The summed E-state index contributed by atoms with van der Waals surface area (Å²) in [7, 11) is 0. The molecule has 0 N–H and O–H groups in total. The third kappa shape index (κ3) is 3.06. The summed E-state index contributed by atoms with van der Waals surface area (Å²) in [5, 5.41) is 0. The second-order valence-corrected chi connectivity index (χ2v) is 5.65. The van der Waals surface area contributed by atoms with Gasteiger partial charge in [0.25, 0.3) is 0 Å². The number of carbonyl (C=O) groups is 1. The first-order valence-electron chi connectivity index (χ1n) is 7.65. The molecule has 1 aromatic heterocycles. The molecule has 110 valence electrons. The number of aryl methyl sites for hydroxylation is 1. The highest BCUT2D eigenvalue weighted by atomic mass is 16.1. The zero-order valence-corrected chi connectivity index (χ0v) is 12.8. The van der Waals surface area contributed by atoms with Crippen LogP contribution in [0.2, 0.25) is 0 Å². The van der Waals surface area contributed by atoms with E-state index in [4.69, 9.17) is 0 Å². The minimum atomic E-state index is 0.756. The lowest BCUT2D eigenvalue weighted by molar-refractivity contribution is -0.104. The number of aromatic nitrogens is 1. The molecule has 1 heterocycles. The molecular formula is C20H19NO. The van der Waals surface area contributed by atoms with Gasteiger partial charge in [-0.1, -0.05) is 35.9 Å². The van der Waals surface area contributed by atoms with Crippen LogP contribution in [0.1, 0.15) is 36.1 Å². The number of nitrogens with zero attached hydrogens (tertiary/aromatic N) is 1. The molecule has 2 aromatic rings. The molecule has 0 spiro atoms. The van der Waals surface area contributed by atoms with E-state index in [1.807, 2.05) is 43.3 Å². The van der Waals surface area contributed by atoms with Gasteiger partial charge in [0, 0.05) is 17.5 Å². The van der Waals surface area contributed by atoms with Gasteiger partial charge in [-0.25, -0.2) is 0 Å². The lowest BCUT2D eigenvalue weighted by Crippen LogP contribution is -2.04. The van der Waals surface area contributed by atoms with Gasteiger partial charge >= 0.3 is 0 Å². The van der Waals surface area contributed by atoms with Gasteiger partial charge in [-0.05, 0) is 61.1 Å². The van der Waals surface area contributed by atoms with Crippen molar-refractivity contribution in [3.8, 4) is 0 Å². The van der Waals surface area contributed by atoms with Gasteiger partial charge in [0.1, 0.15) is 0 Å². The lowest BCUT2D eigenvalue weighted by atomic mass is 9.82. The van der Waals surface area contributed by atoms with Gasteiger partial charge in [0.15, 0.2) is 6.29 Å². The maximum atomic E-state index is 11.7. The van der Waals surface area contributed by atoms with Crippen molar-refractivity contribution in [1.29, 1.82) is 0 Å². The highest BCUT2D eigenvalue weighted by Crippen LogP contribution is 2.37. The predicted octanol–water partition coefficient (Wildman–Crippen LogP) is 4.61. The molecule has 22 heavy (non-hydrogen) atoms. The molecule has 2 heteroatoms. The molecule has 0 unspecified atom stereocenters. The fourth-order valence-corrected chi connectivity index (χ4v) is 2.79. The van der Waals surface area contributed by atoms with Crippen LogP contribution >= 0.6 is 0 Å². The number of aldehydes is 1. The van der Waals surface area contributed by atoms with E-state index in [1.165, 1.54) is 12.0 Å². The summed E-state index contributed by atoms with van der Waals surface area (Å²) in [5.41, 5.74) is 6.35. The maximum absolute atomic E-state index is 11.7. The molecule has 1 aromatic carbocycles. The summed E-state index contributed by atoms with van der Waals surface area (Å²) in [4.78, 5) is 15.9. The van der Waals surface area contributed by atoms with Crippen LogP contribution in [0.4, 0.5) is 0 Å². The largest absolute Gasteiger partial charge is 0.298 e. The fraction of sp³-hybridized carbons (Fsp3) is 0.200. The normalized spacial score (nSPS) is 14.4. The van der Waals surface area contributed by atoms with Crippen molar-refractivity contribution in [3.63, 3.8) is 0 Å². The Balaban J connectivity index is 2.08. The van der Waals surface area contributed by atoms with Crippen LogP contribution in [-0.2, 0) is 4.79 Å². The molecule has 1 aliphatic carbocycles. The molecule has 0 amide bonds. The molecule has 1 fully saturated rings. The molecule has 2 nitrogen and oxygen atoms in total. The monoisotopic (exact) mass is 289 g/mol. The molecular weight excluding hydrogens is 270 g/mol. The minimum Gasteiger partial charge on any atom is -0.298 e. The van der Waals surface area contributed by atoms with Crippen molar-refractivity contribution in [1.82, 2.24) is 4.98 Å². The van der Waals surface area contributed by atoms with E-state index in [2.05, 4.69) is 17.1 Å². The second kappa shape index (κ2) is 6.52. The molecule has 3 rings (SSSR count). The van der Waals surface area contributed by atoms with E-state index in [9.17, 15) is 4.79 Å². The average molecular weight is 289 g/mol. The predicted molar refractivity (Wildman–Crippen MR) is 90.2 cm³/mol.